The molecular formula is C15H13NO3S. The second-order valence-electron chi connectivity index (χ2n) is 4.34. The van der Waals surface area contributed by atoms with Crippen LogP contribution in [0.2, 0.25) is 0 Å². The van der Waals surface area contributed by atoms with Crippen molar-refractivity contribution in [3.8, 4) is 0 Å². The fourth-order valence-corrected chi connectivity index (χ4v) is 3.11. The summed E-state index contributed by atoms with van der Waals surface area (Å²) in [5.41, 5.74) is 1.27. The molecule has 0 fully saturated rings. The topological polar surface area (TPSA) is 51.6 Å². The number of rotatable bonds is 3. The van der Waals surface area contributed by atoms with Crippen molar-refractivity contribution >= 4 is 15.4 Å². The molecule has 0 N–H and O–H groups in total. The van der Waals surface area contributed by atoms with E-state index in [9.17, 15) is 8.42 Å². The fourth-order valence-electron chi connectivity index (χ4n) is 1.77. The Morgan fingerprint density at radius 2 is 1.85 bits per heavy atom. The molecule has 0 radical (unpaired) electrons. The Hall–Kier alpha value is -2.32. The molecule has 2 rings (SSSR count). The molecule has 102 valence electrons. The quantitative estimate of drug-likeness (QED) is 0.809. The second kappa shape index (κ2) is 5.35. The van der Waals surface area contributed by atoms with Gasteiger partial charge in [0.05, 0.1) is 17.7 Å². The normalized spacial score (nSPS) is 12.7. The molecule has 0 saturated carbocycles. The molecule has 0 spiro atoms. The maximum Gasteiger partial charge on any atom is 0.289 e. The van der Waals surface area contributed by atoms with Crippen molar-refractivity contribution in [2.75, 3.05) is 0 Å². The number of aryl methyl sites for hydroxylation is 1. The number of sulfone groups is 1. The highest BCUT2D eigenvalue weighted by molar-refractivity contribution is 7.95. The highest BCUT2D eigenvalue weighted by Gasteiger charge is 2.25. The van der Waals surface area contributed by atoms with E-state index in [-0.39, 0.29) is 9.92 Å². The minimum atomic E-state index is -3.83. The van der Waals surface area contributed by atoms with Crippen LogP contribution in [0.25, 0.3) is 10.4 Å². The predicted octanol–water partition coefficient (Wildman–Crippen LogP) is 3.67. The molecule has 4 nitrogen and oxygen atoms in total. The van der Waals surface area contributed by atoms with E-state index in [1.807, 2.05) is 6.92 Å². The highest BCUT2D eigenvalue weighted by atomic mass is 32.2. The predicted molar refractivity (Wildman–Crippen MR) is 76.3 cm³/mol. The molecule has 2 aromatic rings. The Morgan fingerprint density at radius 1 is 1.20 bits per heavy atom. The SMILES string of the molecule is [C-]#[N+]C(=C(C)c1ccco1)S(=O)(=O)c1ccc(C)cc1. The molecule has 0 amide bonds. The van der Waals surface area contributed by atoms with Crippen LogP contribution in [0.1, 0.15) is 18.2 Å². The van der Waals surface area contributed by atoms with E-state index >= 15 is 0 Å². The molecule has 0 atom stereocenters. The molecule has 0 aliphatic carbocycles. The maximum atomic E-state index is 12.5. The molecule has 1 heterocycles. The molecule has 0 saturated heterocycles. The zero-order valence-corrected chi connectivity index (χ0v) is 11.9. The van der Waals surface area contributed by atoms with Crippen molar-refractivity contribution < 1.29 is 12.8 Å². The monoisotopic (exact) mass is 287 g/mol. The van der Waals surface area contributed by atoms with E-state index in [1.54, 1.807) is 31.2 Å². The molecule has 1 aromatic heterocycles. The zero-order chi connectivity index (χ0) is 14.8. The lowest BCUT2D eigenvalue weighted by atomic mass is 10.2. The lowest BCUT2D eigenvalue weighted by Crippen LogP contribution is -2.04. The highest BCUT2D eigenvalue weighted by Crippen LogP contribution is 2.28. The minimum absolute atomic E-state index is 0.111. The van der Waals surface area contributed by atoms with Gasteiger partial charge >= 0.3 is 0 Å². The van der Waals surface area contributed by atoms with Crippen LogP contribution in [0.15, 0.2) is 57.0 Å². The number of nitrogens with zero attached hydrogens (tertiary/aromatic N) is 1. The number of furan rings is 1. The third-order valence-electron chi connectivity index (χ3n) is 2.90. The molecule has 0 aliphatic rings. The molecule has 1 aromatic carbocycles. The van der Waals surface area contributed by atoms with E-state index in [0.717, 1.165) is 5.56 Å². The fraction of sp³-hybridized carbons (Fsp3) is 0.133. The summed E-state index contributed by atoms with van der Waals surface area (Å²) in [6.45, 7) is 10.6. The third-order valence-corrected chi connectivity index (χ3v) is 4.70. The number of benzene rings is 1. The lowest BCUT2D eigenvalue weighted by Gasteiger charge is -2.06. The summed E-state index contributed by atoms with van der Waals surface area (Å²) < 4.78 is 30.2. The largest absolute Gasteiger partial charge is 0.466 e. The van der Waals surface area contributed by atoms with Crippen LogP contribution in [-0.2, 0) is 9.84 Å². The van der Waals surface area contributed by atoms with E-state index in [0.29, 0.717) is 11.3 Å². The number of hydrogen-bond acceptors (Lipinski definition) is 3. The minimum Gasteiger partial charge on any atom is -0.466 e. The summed E-state index contributed by atoms with van der Waals surface area (Å²) in [7, 11) is -3.83. The summed E-state index contributed by atoms with van der Waals surface area (Å²) >= 11 is 0. The Bertz CT molecular complexity index is 777. The van der Waals surface area contributed by atoms with Crippen LogP contribution < -0.4 is 0 Å². The third kappa shape index (κ3) is 2.51. The van der Waals surface area contributed by atoms with Gasteiger partial charge in [0.15, 0.2) is 0 Å². The second-order valence-corrected chi connectivity index (χ2v) is 6.20. The van der Waals surface area contributed by atoms with Gasteiger partial charge in [-0.3, -0.25) is 0 Å². The molecule has 0 bridgehead atoms. The lowest BCUT2D eigenvalue weighted by molar-refractivity contribution is 0.552. The Kier molecular flexibility index (Phi) is 3.77. The van der Waals surface area contributed by atoms with Crippen molar-refractivity contribution in [1.82, 2.24) is 0 Å². The number of hydrogen-bond donors (Lipinski definition) is 0. The summed E-state index contributed by atoms with van der Waals surface area (Å²) in [5, 5.41) is -0.309. The van der Waals surface area contributed by atoms with Gasteiger partial charge in [-0.25, -0.2) is 13.3 Å². The Labute approximate surface area is 118 Å². The maximum absolute atomic E-state index is 12.5. The van der Waals surface area contributed by atoms with Gasteiger partial charge in [0.2, 0.25) is 9.84 Å². The van der Waals surface area contributed by atoms with Crippen LogP contribution in [0.3, 0.4) is 0 Å². The van der Waals surface area contributed by atoms with Crippen LogP contribution in [0.4, 0.5) is 0 Å². The van der Waals surface area contributed by atoms with Crippen molar-refractivity contribution in [2.45, 2.75) is 18.7 Å². The van der Waals surface area contributed by atoms with Gasteiger partial charge < -0.3 is 4.42 Å². The van der Waals surface area contributed by atoms with Crippen LogP contribution in [0, 0.1) is 13.5 Å². The van der Waals surface area contributed by atoms with Crippen molar-refractivity contribution in [3.63, 3.8) is 0 Å². The number of allylic oxidation sites excluding steroid dienone is 1. The Morgan fingerprint density at radius 3 is 2.35 bits per heavy atom. The Balaban J connectivity index is 2.60. The van der Waals surface area contributed by atoms with Crippen molar-refractivity contribution in [1.29, 1.82) is 0 Å². The molecule has 0 unspecified atom stereocenters. The molecular weight excluding hydrogens is 274 g/mol. The van der Waals surface area contributed by atoms with Crippen molar-refractivity contribution in [3.05, 3.63) is 70.4 Å². The van der Waals surface area contributed by atoms with E-state index in [4.69, 9.17) is 11.0 Å². The van der Waals surface area contributed by atoms with Gasteiger partial charge in [0.25, 0.3) is 5.03 Å². The van der Waals surface area contributed by atoms with Gasteiger partial charge in [-0.2, -0.15) is 0 Å². The molecule has 0 aliphatic heterocycles. The van der Waals surface area contributed by atoms with Crippen molar-refractivity contribution in [2.24, 2.45) is 0 Å². The van der Waals surface area contributed by atoms with Crippen LogP contribution in [-0.4, -0.2) is 8.42 Å². The van der Waals surface area contributed by atoms with E-state index in [2.05, 4.69) is 4.85 Å². The first-order chi connectivity index (χ1) is 9.46. The summed E-state index contributed by atoms with van der Waals surface area (Å²) in [4.78, 5) is 3.31. The van der Waals surface area contributed by atoms with Crippen LogP contribution in [0.5, 0.6) is 0 Å². The summed E-state index contributed by atoms with van der Waals surface area (Å²) in [6.07, 6.45) is 1.44. The van der Waals surface area contributed by atoms with Gasteiger partial charge in [-0.1, -0.05) is 17.7 Å². The summed E-state index contributed by atoms with van der Waals surface area (Å²) in [5.74, 6) is 0.381. The first-order valence-corrected chi connectivity index (χ1v) is 7.39. The molecule has 5 heteroatoms. The molecule has 20 heavy (non-hydrogen) atoms. The first-order valence-electron chi connectivity index (χ1n) is 5.91. The van der Waals surface area contributed by atoms with Gasteiger partial charge in [-0.05, 0) is 38.1 Å². The summed E-state index contributed by atoms with van der Waals surface area (Å²) in [6, 6.07) is 9.70. The van der Waals surface area contributed by atoms with E-state index < -0.39 is 9.84 Å². The standard InChI is InChI=1S/C15H13NO3S/c1-11-6-8-13(9-7-11)20(17,18)15(16-3)12(2)14-5-4-10-19-14/h4-10H,1-2H3. The van der Waals surface area contributed by atoms with Gasteiger partial charge in [0, 0.05) is 5.57 Å². The van der Waals surface area contributed by atoms with Gasteiger partial charge in [-0.15, -0.1) is 0 Å². The zero-order valence-electron chi connectivity index (χ0n) is 11.1. The average Bonchev–Trinajstić information content (AvgIpc) is 2.93. The van der Waals surface area contributed by atoms with E-state index in [1.165, 1.54) is 18.4 Å². The van der Waals surface area contributed by atoms with Gasteiger partial charge in [0.1, 0.15) is 5.76 Å². The average molecular weight is 287 g/mol. The van der Waals surface area contributed by atoms with Crippen LogP contribution >= 0.6 is 0 Å². The smallest absolute Gasteiger partial charge is 0.289 e. The first kappa shape index (κ1) is 14.1.